The SMILES string of the molecule is COc1ccc(-[n+]2[nH]oc(=O)c2C([O-])=Nc2ccc3c(c2)OCO3)cc1. The normalized spacial score (nSPS) is 13.0. The molecule has 0 saturated carbocycles. The number of aromatic amines is 1. The largest absolute Gasteiger partial charge is 0.854 e. The molecular weight excluding hydrogens is 342 g/mol. The zero-order valence-corrected chi connectivity index (χ0v) is 13.6. The fourth-order valence-corrected chi connectivity index (χ4v) is 2.49. The maximum Gasteiger partial charge on any atom is 0.436 e. The predicted molar refractivity (Wildman–Crippen MR) is 86.2 cm³/mol. The van der Waals surface area contributed by atoms with Crippen LogP contribution >= 0.6 is 0 Å². The van der Waals surface area contributed by atoms with Gasteiger partial charge in [-0.3, -0.25) is 9.52 Å². The summed E-state index contributed by atoms with van der Waals surface area (Å²) >= 11 is 0. The molecule has 4 rings (SSSR count). The molecule has 1 aliphatic heterocycles. The molecule has 9 heteroatoms. The van der Waals surface area contributed by atoms with E-state index in [2.05, 4.69) is 10.3 Å². The first-order valence-corrected chi connectivity index (χ1v) is 7.59. The van der Waals surface area contributed by atoms with Crippen molar-refractivity contribution in [1.29, 1.82) is 0 Å². The quantitative estimate of drug-likeness (QED) is 0.412. The van der Waals surface area contributed by atoms with E-state index in [9.17, 15) is 9.90 Å². The second kappa shape index (κ2) is 6.28. The monoisotopic (exact) mass is 355 g/mol. The van der Waals surface area contributed by atoms with E-state index in [1.54, 1.807) is 49.6 Å². The predicted octanol–water partition coefficient (Wildman–Crippen LogP) is 0.420. The lowest BCUT2D eigenvalue weighted by Crippen LogP contribution is -2.44. The molecule has 0 fully saturated rings. The van der Waals surface area contributed by atoms with Crippen molar-refractivity contribution in [3.63, 3.8) is 0 Å². The van der Waals surface area contributed by atoms with Gasteiger partial charge in [0.1, 0.15) is 5.75 Å². The van der Waals surface area contributed by atoms with E-state index in [4.69, 9.17) is 18.7 Å². The van der Waals surface area contributed by atoms with Crippen molar-refractivity contribution in [3.8, 4) is 22.9 Å². The third kappa shape index (κ3) is 2.75. The van der Waals surface area contributed by atoms with Gasteiger partial charge < -0.3 is 19.3 Å². The van der Waals surface area contributed by atoms with Crippen molar-refractivity contribution in [2.45, 2.75) is 0 Å². The molecule has 0 radical (unpaired) electrons. The minimum Gasteiger partial charge on any atom is -0.854 e. The fourth-order valence-electron chi connectivity index (χ4n) is 2.49. The summed E-state index contributed by atoms with van der Waals surface area (Å²) in [7, 11) is 1.54. The Hall–Kier alpha value is -3.75. The van der Waals surface area contributed by atoms with E-state index in [0.717, 1.165) is 0 Å². The number of hydrogen-bond acceptors (Lipinski definition) is 7. The zero-order valence-electron chi connectivity index (χ0n) is 13.6. The molecule has 26 heavy (non-hydrogen) atoms. The van der Waals surface area contributed by atoms with E-state index in [0.29, 0.717) is 28.6 Å². The highest BCUT2D eigenvalue weighted by atomic mass is 16.7. The van der Waals surface area contributed by atoms with E-state index in [1.165, 1.54) is 4.68 Å². The summed E-state index contributed by atoms with van der Waals surface area (Å²) in [5.41, 5.74) is -0.231. The molecule has 9 nitrogen and oxygen atoms in total. The van der Waals surface area contributed by atoms with Crippen molar-refractivity contribution in [2.75, 3.05) is 13.9 Å². The maximum atomic E-state index is 12.5. The Kier molecular flexibility index (Phi) is 3.81. The van der Waals surface area contributed by atoms with Gasteiger partial charge in [-0.05, 0) is 34.2 Å². The number of H-pyrrole nitrogens is 1. The average molecular weight is 355 g/mol. The summed E-state index contributed by atoms with van der Waals surface area (Å²) in [4.78, 5) is 15.9. The Bertz CT molecular complexity index is 1040. The number of aromatic nitrogens is 2. The minimum absolute atomic E-state index is 0.117. The Morgan fingerprint density at radius 1 is 1.19 bits per heavy atom. The van der Waals surface area contributed by atoms with Gasteiger partial charge in [-0.1, -0.05) is 0 Å². The first kappa shape index (κ1) is 15.8. The van der Waals surface area contributed by atoms with Crippen molar-refractivity contribution in [1.82, 2.24) is 5.27 Å². The lowest BCUT2D eigenvalue weighted by molar-refractivity contribution is -0.673. The summed E-state index contributed by atoms with van der Waals surface area (Å²) in [6.45, 7) is 0.117. The number of hydrogen-bond donors (Lipinski definition) is 1. The minimum atomic E-state index is -0.824. The first-order valence-electron chi connectivity index (χ1n) is 7.59. The summed E-state index contributed by atoms with van der Waals surface area (Å²) in [6, 6.07) is 11.5. The molecule has 0 unspecified atom stereocenters. The molecule has 132 valence electrons. The standard InChI is InChI=1S/C17H13N3O6/c1-23-12-5-3-11(4-6-12)20-15(17(22)26-19-20)16(21)18-10-2-7-13-14(8-10)25-9-24-13/h2-8H,9H2,1H3,(H-,18,19,21,22). The van der Waals surface area contributed by atoms with E-state index < -0.39 is 11.5 Å². The van der Waals surface area contributed by atoms with Gasteiger partial charge in [-0.25, -0.2) is 4.79 Å². The van der Waals surface area contributed by atoms with Crippen LogP contribution in [0, 0.1) is 0 Å². The maximum absolute atomic E-state index is 12.5. The van der Waals surface area contributed by atoms with Crippen LogP contribution in [-0.4, -0.2) is 25.1 Å². The first-order chi connectivity index (χ1) is 12.7. The van der Waals surface area contributed by atoms with Crippen LogP contribution < -0.4 is 29.6 Å². The van der Waals surface area contributed by atoms with Crippen molar-refractivity contribution >= 4 is 11.6 Å². The number of nitrogens with zero attached hydrogens (tertiary/aromatic N) is 2. The van der Waals surface area contributed by atoms with Gasteiger partial charge in [0.05, 0.1) is 18.7 Å². The number of aliphatic imine (C=N–C) groups is 1. The lowest BCUT2D eigenvalue weighted by atomic mass is 10.2. The number of benzene rings is 2. The second-order valence-corrected chi connectivity index (χ2v) is 5.32. The Morgan fingerprint density at radius 3 is 2.73 bits per heavy atom. The number of rotatable bonds is 4. The summed E-state index contributed by atoms with van der Waals surface area (Å²) < 4.78 is 21.5. The van der Waals surface area contributed by atoms with Gasteiger partial charge in [0, 0.05) is 18.2 Å². The third-order valence-corrected chi connectivity index (χ3v) is 3.77. The Morgan fingerprint density at radius 2 is 1.96 bits per heavy atom. The molecule has 0 amide bonds. The highest BCUT2D eigenvalue weighted by molar-refractivity contribution is 5.88. The van der Waals surface area contributed by atoms with E-state index >= 15 is 0 Å². The van der Waals surface area contributed by atoms with Gasteiger partial charge in [0.25, 0.3) is 0 Å². The van der Waals surface area contributed by atoms with Crippen LogP contribution in [0.4, 0.5) is 5.69 Å². The molecule has 2 aromatic carbocycles. The molecule has 0 aliphatic carbocycles. The summed E-state index contributed by atoms with van der Waals surface area (Å²) in [6.07, 6.45) is 0. The van der Waals surface area contributed by atoms with Gasteiger partial charge >= 0.3 is 11.3 Å². The summed E-state index contributed by atoms with van der Waals surface area (Å²) in [5.74, 6) is 0.946. The lowest BCUT2D eigenvalue weighted by Gasteiger charge is -2.05. The van der Waals surface area contributed by atoms with E-state index in [1.807, 2.05) is 0 Å². The van der Waals surface area contributed by atoms with Crippen LogP contribution in [0.15, 0.2) is 56.8 Å². The molecule has 3 aromatic rings. The van der Waals surface area contributed by atoms with Crippen LogP contribution in [0.25, 0.3) is 5.69 Å². The van der Waals surface area contributed by atoms with Crippen molar-refractivity contribution < 1.29 is 28.5 Å². The van der Waals surface area contributed by atoms with Crippen LogP contribution in [-0.2, 0) is 0 Å². The number of nitrogens with one attached hydrogen (secondary N) is 1. The number of fused-ring (bicyclic) bond motifs is 1. The highest BCUT2D eigenvalue weighted by Crippen LogP contribution is 2.35. The third-order valence-electron chi connectivity index (χ3n) is 3.77. The van der Waals surface area contributed by atoms with Crippen LogP contribution in [0.1, 0.15) is 5.69 Å². The molecule has 1 aromatic heterocycles. The van der Waals surface area contributed by atoms with Crippen LogP contribution in [0.5, 0.6) is 17.2 Å². The van der Waals surface area contributed by atoms with Gasteiger partial charge in [0.15, 0.2) is 11.5 Å². The molecule has 0 bridgehead atoms. The van der Waals surface area contributed by atoms with Gasteiger partial charge in [-0.2, -0.15) is 0 Å². The van der Waals surface area contributed by atoms with Crippen LogP contribution in [0.2, 0.25) is 0 Å². The molecule has 0 saturated heterocycles. The molecule has 0 atom stereocenters. The summed E-state index contributed by atoms with van der Waals surface area (Å²) in [5, 5.41) is 14.9. The molecule has 2 heterocycles. The molecule has 0 spiro atoms. The van der Waals surface area contributed by atoms with Gasteiger partial charge in [-0.15, -0.1) is 0 Å². The Labute approximate surface area is 146 Å². The smallest absolute Gasteiger partial charge is 0.436 e. The number of ether oxygens (including phenoxy) is 3. The molecule has 1 aliphatic rings. The molecule has 1 N–H and O–H groups in total. The van der Waals surface area contributed by atoms with Crippen LogP contribution in [0.3, 0.4) is 0 Å². The van der Waals surface area contributed by atoms with Gasteiger partial charge in [0.2, 0.25) is 12.5 Å². The zero-order chi connectivity index (χ0) is 18.1. The van der Waals surface area contributed by atoms with Crippen molar-refractivity contribution in [2.24, 2.45) is 4.99 Å². The average Bonchev–Trinajstić information content (AvgIpc) is 3.27. The number of methoxy groups -OCH3 is 1. The molecular formula is C17H13N3O6. The Balaban J connectivity index is 1.73. The fraction of sp³-hybridized carbons (Fsp3) is 0.118. The topological polar surface area (TPSA) is 113 Å². The second-order valence-electron chi connectivity index (χ2n) is 5.32. The van der Waals surface area contributed by atoms with E-state index in [-0.39, 0.29) is 12.5 Å². The highest BCUT2D eigenvalue weighted by Gasteiger charge is 2.24. The van der Waals surface area contributed by atoms with Crippen molar-refractivity contribution in [3.05, 3.63) is 58.6 Å².